The Morgan fingerprint density at radius 3 is 2.54 bits per heavy atom. The van der Waals surface area contributed by atoms with E-state index in [4.69, 9.17) is 11.6 Å². The second-order valence-corrected chi connectivity index (χ2v) is 5.91. The molecular weight excluding hydrogens is 345 g/mol. The first-order chi connectivity index (χ1) is 11.4. The van der Waals surface area contributed by atoms with E-state index in [-0.39, 0.29) is 5.92 Å². The summed E-state index contributed by atoms with van der Waals surface area (Å²) < 4.78 is 38.0. The Labute approximate surface area is 141 Å². The number of piperidine rings is 1. The van der Waals surface area contributed by atoms with Gasteiger partial charge in [-0.25, -0.2) is 15.0 Å². The van der Waals surface area contributed by atoms with Crippen LogP contribution in [-0.2, 0) is 6.18 Å². The van der Waals surface area contributed by atoms with Gasteiger partial charge in [-0.1, -0.05) is 11.6 Å². The molecule has 0 aromatic carbocycles. The zero-order valence-electron chi connectivity index (χ0n) is 12.9. The monoisotopic (exact) mass is 360 g/mol. The minimum Gasteiger partial charge on any atom is -0.383 e. The molecule has 2 aromatic heterocycles. The van der Waals surface area contributed by atoms with Crippen LogP contribution in [0.1, 0.15) is 30.3 Å². The topological polar surface area (TPSA) is 69.7 Å². The molecule has 1 saturated heterocycles. The first kappa shape index (κ1) is 16.8. The maximum absolute atomic E-state index is 12.7. The zero-order valence-corrected chi connectivity index (χ0v) is 13.6. The van der Waals surface area contributed by atoms with Gasteiger partial charge in [-0.15, -0.1) is 0 Å². The fraction of sp³-hybridized carbons (Fsp3) is 0.500. The van der Waals surface area contributed by atoms with E-state index >= 15 is 0 Å². The largest absolute Gasteiger partial charge is 0.432 e. The van der Waals surface area contributed by atoms with E-state index in [0.717, 1.165) is 6.20 Å². The molecule has 1 aliphatic rings. The molecule has 24 heavy (non-hydrogen) atoms. The van der Waals surface area contributed by atoms with E-state index in [1.165, 1.54) is 6.33 Å². The van der Waals surface area contributed by atoms with Crippen molar-refractivity contribution in [1.82, 2.24) is 19.9 Å². The highest BCUT2D eigenvalue weighted by atomic mass is 35.5. The Morgan fingerprint density at radius 1 is 1.25 bits per heavy atom. The van der Waals surface area contributed by atoms with Crippen LogP contribution < -0.4 is 10.2 Å². The molecule has 2 aromatic rings. The summed E-state index contributed by atoms with van der Waals surface area (Å²) >= 11 is 6.06. The molecule has 0 aliphatic carbocycles. The standard InChI is InChI=1S/C14H16ClF3N6/c1-19-10-11(15)21-7-22-13(10)24-4-2-8(3-5-24)12-20-6-9(23-12)14(16,17)18/h6-8,19H,2-5H2,1H3,(H,20,23). The number of aromatic nitrogens is 4. The maximum atomic E-state index is 12.7. The van der Waals surface area contributed by atoms with Crippen molar-refractivity contribution in [3.63, 3.8) is 0 Å². The van der Waals surface area contributed by atoms with Crippen LogP contribution in [-0.4, -0.2) is 40.1 Å². The Kier molecular flexibility index (Phi) is 4.53. The molecule has 6 nitrogen and oxygen atoms in total. The van der Waals surface area contributed by atoms with Crippen LogP contribution in [0.2, 0.25) is 5.15 Å². The van der Waals surface area contributed by atoms with Crippen molar-refractivity contribution < 1.29 is 13.2 Å². The Morgan fingerprint density at radius 2 is 1.96 bits per heavy atom. The molecule has 3 rings (SSSR count). The highest BCUT2D eigenvalue weighted by Crippen LogP contribution is 2.35. The first-order valence-electron chi connectivity index (χ1n) is 7.45. The lowest BCUT2D eigenvalue weighted by Crippen LogP contribution is -2.34. The lowest BCUT2D eigenvalue weighted by molar-refractivity contribution is -0.141. The normalized spacial score (nSPS) is 16.5. The number of alkyl halides is 3. The van der Waals surface area contributed by atoms with Crippen LogP contribution >= 0.6 is 11.6 Å². The molecule has 0 atom stereocenters. The Bertz CT molecular complexity index is 709. The number of nitrogens with one attached hydrogen (secondary N) is 2. The van der Waals surface area contributed by atoms with E-state index in [1.807, 2.05) is 4.90 Å². The molecule has 0 unspecified atom stereocenters. The van der Waals surface area contributed by atoms with Gasteiger partial charge in [0.1, 0.15) is 23.5 Å². The van der Waals surface area contributed by atoms with Gasteiger partial charge in [0.15, 0.2) is 11.0 Å². The number of hydrogen-bond acceptors (Lipinski definition) is 5. The average Bonchev–Trinajstić information content (AvgIpc) is 3.05. The van der Waals surface area contributed by atoms with Gasteiger partial charge >= 0.3 is 6.18 Å². The molecule has 3 heterocycles. The quantitative estimate of drug-likeness (QED) is 0.822. The number of imidazole rings is 1. The van der Waals surface area contributed by atoms with Gasteiger partial charge in [-0.2, -0.15) is 13.2 Å². The second-order valence-electron chi connectivity index (χ2n) is 5.55. The second kappa shape index (κ2) is 6.46. The molecule has 0 bridgehead atoms. The molecule has 0 spiro atoms. The third-order valence-electron chi connectivity index (χ3n) is 4.11. The predicted molar refractivity (Wildman–Crippen MR) is 84.4 cm³/mol. The minimum atomic E-state index is -4.40. The number of halogens is 4. The van der Waals surface area contributed by atoms with Crippen LogP contribution in [0.5, 0.6) is 0 Å². The van der Waals surface area contributed by atoms with Gasteiger partial charge < -0.3 is 15.2 Å². The highest BCUT2D eigenvalue weighted by Gasteiger charge is 2.34. The summed E-state index contributed by atoms with van der Waals surface area (Å²) in [6.45, 7) is 1.30. The zero-order chi connectivity index (χ0) is 17.3. The molecule has 1 aliphatic heterocycles. The van der Waals surface area contributed by atoms with Gasteiger partial charge in [0.05, 0.1) is 6.20 Å². The molecule has 1 fully saturated rings. The number of rotatable bonds is 3. The third kappa shape index (κ3) is 3.26. The molecule has 130 valence electrons. The number of aromatic amines is 1. The van der Waals surface area contributed by atoms with Gasteiger partial charge in [-0.05, 0) is 12.8 Å². The van der Waals surface area contributed by atoms with E-state index in [2.05, 4.69) is 25.3 Å². The summed E-state index contributed by atoms with van der Waals surface area (Å²) in [5.41, 5.74) is -0.157. The van der Waals surface area contributed by atoms with Crippen molar-refractivity contribution in [3.8, 4) is 0 Å². The summed E-state index contributed by atoms with van der Waals surface area (Å²) in [5.74, 6) is 1.05. The summed E-state index contributed by atoms with van der Waals surface area (Å²) in [4.78, 5) is 16.5. The van der Waals surface area contributed by atoms with E-state index in [1.54, 1.807) is 7.05 Å². The summed E-state index contributed by atoms with van der Waals surface area (Å²) in [5, 5.41) is 3.32. The molecule has 2 N–H and O–H groups in total. The lowest BCUT2D eigenvalue weighted by Gasteiger charge is -2.33. The van der Waals surface area contributed by atoms with Crippen molar-refractivity contribution >= 4 is 23.1 Å². The molecule has 0 radical (unpaired) electrons. The SMILES string of the molecule is CNc1c(Cl)ncnc1N1CCC(c2ncc(C(F)(F)F)[nH]2)CC1. The Hall–Kier alpha value is -2.03. The van der Waals surface area contributed by atoms with Gasteiger partial charge in [0, 0.05) is 26.1 Å². The van der Waals surface area contributed by atoms with Crippen molar-refractivity contribution in [1.29, 1.82) is 0 Å². The molecular formula is C14H16ClF3N6. The fourth-order valence-corrected chi connectivity index (χ4v) is 3.09. The smallest absolute Gasteiger partial charge is 0.383 e. The molecule has 10 heteroatoms. The van der Waals surface area contributed by atoms with Gasteiger partial charge in [0.25, 0.3) is 0 Å². The lowest BCUT2D eigenvalue weighted by atomic mass is 9.96. The predicted octanol–water partition coefficient (Wildman–Crippen LogP) is 3.30. The third-order valence-corrected chi connectivity index (χ3v) is 4.40. The number of anilines is 2. The highest BCUT2D eigenvalue weighted by molar-refractivity contribution is 6.32. The average molecular weight is 361 g/mol. The van der Waals surface area contributed by atoms with Crippen molar-refractivity contribution in [2.24, 2.45) is 0 Å². The van der Waals surface area contributed by atoms with Gasteiger partial charge in [0.2, 0.25) is 0 Å². The van der Waals surface area contributed by atoms with Crippen LogP contribution in [0.25, 0.3) is 0 Å². The van der Waals surface area contributed by atoms with E-state index < -0.39 is 11.9 Å². The van der Waals surface area contributed by atoms with Crippen molar-refractivity contribution in [2.75, 3.05) is 30.4 Å². The van der Waals surface area contributed by atoms with Crippen LogP contribution in [0.15, 0.2) is 12.5 Å². The molecule has 0 amide bonds. The van der Waals surface area contributed by atoms with Crippen LogP contribution in [0.3, 0.4) is 0 Å². The number of H-pyrrole nitrogens is 1. The summed E-state index contributed by atoms with van der Waals surface area (Å²) in [6, 6.07) is 0. The summed E-state index contributed by atoms with van der Waals surface area (Å²) in [6.07, 6.45) is -0.797. The minimum absolute atomic E-state index is 0.0345. The summed E-state index contributed by atoms with van der Waals surface area (Å²) in [7, 11) is 1.74. The fourth-order valence-electron chi connectivity index (χ4n) is 2.86. The van der Waals surface area contributed by atoms with Crippen LogP contribution in [0.4, 0.5) is 24.7 Å². The van der Waals surface area contributed by atoms with E-state index in [9.17, 15) is 13.2 Å². The van der Waals surface area contributed by atoms with E-state index in [0.29, 0.717) is 48.4 Å². The first-order valence-corrected chi connectivity index (χ1v) is 7.83. The number of nitrogens with zero attached hydrogens (tertiary/aromatic N) is 4. The van der Waals surface area contributed by atoms with Crippen LogP contribution in [0, 0.1) is 0 Å². The van der Waals surface area contributed by atoms with Gasteiger partial charge in [-0.3, -0.25) is 0 Å². The van der Waals surface area contributed by atoms with Crippen molar-refractivity contribution in [2.45, 2.75) is 24.9 Å². The molecule has 0 saturated carbocycles. The Balaban J connectivity index is 1.70. The number of hydrogen-bond donors (Lipinski definition) is 2. The van der Waals surface area contributed by atoms with Crippen molar-refractivity contribution in [3.05, 3.63) is 29.2 Å². The maximum Gasteiger partial charge on any atom is 0.432 e.